The van der Waals surface area contributed by atoms with Crippen LogP contribution in [0.2, 0.25) is 0 Å². The second-order valence-corrected chi connectivity index (χ2v) is 6.61. The van der Waals surface area contributed by atoms with Crippen molar-refractivity contribution in [1.82, 2.24) is 34.2 Å². The molecule has 8 nitrogen and oxygen atoms in total. The van der Waals surface area contributed by atoms with Crippen LogP contribution in [-0.4, -0.2) is 53.9 Å². The number of piperidine rings is 1. The second kappa shape index (κ2) is 5.92. The van der Waals surface area contributed by atoms with Gasteiger partial charge in [0, 0.05) is 25.6 Å². The molecule has 0 aromatic carbocycles. The Labute approximate surface area is 134 Å². The Hall–Kier alpha value is -1.96. The van der Waals surface area contributed by atoms with Crippen LogP contribution >= 0.6 is 0 Å². The highest BCUT2D eigenvalue weighted by Crippen LogP contribution is 2.37. The number of likely N-dealkylation sites (tertiary alicyclic amines) is 1. The highest BCUT2D eigenvalue weighted by Gasteiger charge is 2.33. The van der Waals surface area contributed by atoms with Gasteiger partial charge >= 0.3 is 5.69 Å². The highest BCUT2D eigenvalue weighted by molar-refractivity contribution is 5.04. The van der Waals surface area contributed by atoms with Crippen LogP contribution in [-0.2, 0) is 13.6 Å². The molecule has 8 heteroatoms. The molecule has 2 aliphatic rings. The van der Waals surface area contributed by atoms with Crippen LogP contribution in [0.4, 0.5) is 0 Å². The average Bonchev–Trinajstić information content (AvgIpc) is 3.17. The maximum atomic E-state index is 12.2. The molecule has 3 heterocycles. The molecular weight excluding hydrogens is 294 g/mol. The third kappa shape index (κ3) is 2.95. The number of hydrogen-bond donors (Lipinski definition) is 0. The van der Waals surface area contributed by atoms with E-state index in [1.807, 2.05) is 4.57 Å². The zero-order valence-electron chi connectivity index (χ0n) is 13.5. The van der Waals surface area contributed by atoms with Crippen LogP contribution in [0.15, 0.2) is 17.2 Å². The van der Waals surface area contributed by atoms with E-state index in [2.05, 4.69) is 20.2 Å². The van der Waals surface area contributed by atoms with Crippen molar-refractivity contribution in [3.63, 3.8) is 0 Å². The predicted octanol–water partition coefficient (Wildman–Crippen LogP) is 0.388. The fraction of sp³-hybridized carbons (Fsp3) is 0.733. The predicted molar refractivity (Wildman–Crippen MR) is 84.2 cm³/mol. The monoisotopic (exact) mass is 317 g/mol. The normalized spacial score (nSPS) is 20.2. The lowest BCUT2D eigenvalue weighted by Gasteiger charge is -2.31. The van der Waals surface area contributed by atoms with Crippen molar-refractivity contribution in [2.45, 2.75) is 44.2 Å². The Bertz CT molecular complexity index is 705. The molecule has 0 unspecified atom stereocenters. The van der Waals surface area contributed by atoms with E-state index < -0.39 is 0 Å². The zero-order valence-corrected chi connectivity index (χ0v) is 13.5. The Morgan fingerprint density at radius 1 is 1.09 bits per heavy atom. The number of hydrogen-bond acceptors (Lipinski definition) is 5. The lowest BCUT2D eigenvalue weighted by atomic mass is 9.96. The first-order chi connectivity index (χ1) is 11.2. The molecule has 2 fully saturated rings. The van der Waals surface area contributed by atoms with Gasteiger partial charge in [0.15, 0.2) is 0 Å². The molecule has 0 bridgehead atoms. The maximum Gasteiger partial charge on any atom is 0.345 e. The number of aromatic nitrogens is 6. The van der Waals surface area contributed by atoms with Crippen molar-refractivity contribution in [2.24, 2.45) is 7.05 Å². The third-order valence-electron chi connectivity index (χ3n) is 4.93. The summed E-state index contributed by atoms with van der Waals surface area (Å²) in [5, 5.41) is 12.8. The average molecular weight is 317 g/mol. The fourth-order valence-electron chi connectivity index (χ4n) is 3.46. The van der Waals surface area contributed by atoms with Gasteiger partial charge in [-0.15, -0.1) is 0 Å². The molecule has 0 atom stereocenters. The van der Waals surface area contributed by atoms with E-state index in [1.165, 1.54) is 4.68 Å². The van der Waals surface area contributed by atoms with Crippen LogP contribution in [0.3, 0.4) is 0 Å². The van der Waals surface area contributed by atoms with Crippen molar-refractivity contribution in [3.8, 4) is 0 Å². The Morgan fingerprint density at radius 3 is 2.43 bits per heavy atom. The SMILES string of the molecule is Cn1nc(C2CCN(CCn3nccn3)CC2)n(C2CC2)c1=O. The lowest BCUT2D eigenvalue weighted by molar-refractivity contribution is 0.195. The topological polar surface area (TPSA) is 73.8 Å². The molecule has 124 valence electrons. The van der Waals surface area contributed by atoms with Crippen molar-refractivity contribution >= 4 is 0 Å². The molecule has 1 aliphatic carbocycles. The Kier molecular flexibility index (Phi) is 3.76. The van der Waals surface area contributed by atoms with Gasteiger partial charge in [0.2, 0.25) is 0 Å². The van der Waals surface area contributed by atoms with Crippen LogP contribution in [0, 0.1) is 0 Å². The van der Waals surface area contributed by atoms with Crippen LogP contribution in [0.5, 0.6) is 0 Å². The van der Waals surface area contributed by atoms with Crippen molar-refractivity contribution in [2.75, 3.05) is 19.6 Å². The summed E-state index contributed by atoms with van der Waals surface area (Å²) in [5.74, 6) is 1.41. The first kappa shape index (κ1) is 14.6. The Balaban J connectivity index is 1.38. The van der Waals surface area contributed by atoms with Gasteiger partial charge in [-0.3, -0.25) is 4.57 Å². The highest BCUT2D eigenvalue weighted by atomic mass is 16.2. The fourth-order valence-corrected chi connectivity index (χ4v) is 3.46. The summed E-state index contributed by atoms with van der Waals surface area (Å²) in [6.45, 7) is 3.88. The summed E-state index contributed by atoms with van der Waals surface area (Å²) in [7, 11) is 1.76. The molecule has 0 amide bonds. The quantitative estimate of drug-likeness (QED) is 0.797. The van der Waals surface area contributed by atoms with E-state index in [4.69, 9.17) is 0 Å². The molecule has 1 saturated carbocycles. The number of aryl methyl sites for hydroxylation is 1. The molecule has 1 aliphatic heterocycles. The molecule has 2 aromatic heterocycles. The van der Waals surface area contributed by atoms with Gasteiger partial charge < -0.3 is 4.90 Å². The zero-order chi connectivity index (χ0) is 15.8. The van der Waals surface area contributed by atoms with E-state index in [-0.39, 0.29) is 5.69 Å². The maximum absolute atomic E-state index is 12.2. The molecule has 0 N–H and O–H groups in total. The van der Waals surface area contributed by atoms with Gasteiger partial charge in [0.05, 0.1) is 18.9 Å². The van der Waals surface area contributed by atoms with Gasteiger partial charge in [-0.25, -0.2) is 9.48 Å². The third-order valence-corrected chi connectivity index (χ3v) is 4.93. The second-order valence-electron chi connectivity index (χ2n) is 6.61. The minimum absolute atomic E-state index is 0.0506. The van der Waals surface area contributed by atoms with Crippen molar-refractivity contribution in [3.05, 3.63) is 28.7 Å². The van der Waals surface area contributed by atoms with Gasteiger partial charge in [-0.1, -0.05) is 0 Å². The number of nitrogens with zero attached hydrogens (tertiary/aromatic N) is 7. The molecule has 23 heavy (non-hydrogen) atoms. The molecule has 2 aromatic rings. The molecular formula is C15H23N7O. The Morgan fingerprint density at radius 2 is 1.78 bits per heavy atom. The summed E-state index contributed by atoms with van der Waals surface area (Å²) in [6.07, 6.45) is 7.79. The molecule has 0 spiro atoms. The molecule has 1 saturated heterocycles. The van der Waals surface area contributed by atoms with E-state index in [1.54, 1.807) is 24.2 Å². The van der Waals surface area contributed by atoms with Crippen LogP contribution < -0.4 is 5.69 Å². The molecule has 4 rings (SSSR count). The smallest absolute Gasteiger partial charge is 0.301 e. The van der Waals surface area contributed by atoms with Crippen molar-refractivity contribution in [1.29, 1.82) is 0 Å². The first-order valence-electron chi connectivity index (χ1n) is 8.44. The largest absolute Gasteiger partial charge is 0.345 e. The van der Waals surface area contributed by atoms with Gasteiger partial charge in [-0.2, -0.15) is 20.1 Å². The summed E-state index contributed by atoms with van der Waals surface area (Å²) >= 11 is 0. The number of rotatable bonds is 5. The summed E-state index contributed by atoms with van der Waals surface area (Å²) < 4.78 is 3.46. The van der Waals surface area contributed by atoms with E-state index in [9.17, 15) is 4.79 Å². The summed E-state index contributed by atoms with van der Waals surface area (Å²) in [4.78, 5) is 16.4. The van der Waals surface area contributed by atoms with Gasteiger partial charge in [-0.05, 0) is 38.8 Å². The minimum Gasteiger partial charge on any atom is -0.301 e. The molecule has 0 radical (unpaired) electrons. The van der Waals surface area contributed by atoms with Gasteiger partial charge in [0.25, 0.3) is 0 Å². The summed E-state index contributed by atoms with van der Waals surface area (Å²) in [5.41, 5.74) is 0.0506. The standard InChI is InChI=1S/C15H23N7O/c1-19-15(23)22(13-2-3-13)14(18-19)12-4-8-20(9-5-12)10-11-21-16-6-7-17-21/h6-7,12-13H,2-5,8-11H2,1H3. The van der Waals surface area contributed by atoms with E-state index in [0.29, 0.717) is 12.0 Å². The lowest BCUT2D eigenvalue weighted by Crippen LogP contribution is -2.36. The van der Waals surface area contributed by atoms with Crippen molar-refractivity contribution < 1.29 is 0 Å². The summed E-state index contributed by atoms with van der Waals surface area (Å²) in [6, 6.07) is 0.398. The van der Waals surface area contributed by atoms with Gasteiger partial charge in [0.1, 0.15) is 5.82 Å². The minimum atomic E-state index is 0.0506. The van der Waals surface area contributed by atoms with Crippen LogP contribution in [0.25, 0.3) is 0 Å². The van der Waals surface area contributed by atoms with E-state index >= 15 is 0 Å². The van der Waals surface area contributed by atoms with E-state index in [0.717, 1.165) is 57.7 Å². The van der Waals surface area contributed by atoms with Crippen LogP contribution in [0.1, 0.15) is 43.5 Å². The first-order valence-corrected chi connectivity index (χ1v) is 8.44.